The van der Waals surface area contributed by atoms with Crippen LogP contribution in [0.2, 0.25) is 0 Å². The molecule has 0 radical (unpaired) electrons. The van der Waals surface area contributed by atoms with E-state index in [-0.39, 0.29) is 12.4 Å². The molecule has 1 amide bonds. The van der Waals surface area contributed by atoms with E-state index in [0.717, 1.165) is 27.8 Å². The minimum Gasteiger partial charge on any atom is -0.493 e. The number of amides is 1. The molecule has 5 aromatic rings. The first-order valence-electron chi connectivity index (χ1n) is 13.5. The van der Waals surface area contributed by atoms with Crippen molar-refractivity contribution in [2.24, 2.45) is 0 Å². The maximum Gasteiger partial charge on any atom is 0.278 e. The number of fused-ring (bicyclic) bond motifs is 1. The highest BCUT2D eigenvalue weighted by Gasteiger charge is 2.16. The first-order chi connectivity index (χ1) is 19.9. The number of carbonyl (C=O) groups excluding carboxylic acids is 1. The summed E-state index contributed by atoms with van der Waals surface area (Å²) in [4.78, 5) is 27.0. The molecule has 210 valence electrons. The predicted molar refractivity (Wildman–Crippen MR) is 157 cm³/mol. The molecule has 0 unspecified atom stereocenters. The number of benzene rings is 3. The Kier molecular flexibility index (Phi) is 8.55. The van der Waals surface area contributed by atoms with Gasteiger partial charge in [-0.15, -0.1) is 0 Å². The number of rotatable bonds is 11. The van der Waals surface area contributed by atoms with E-state index in [4.69, 9.17) is 9.57 Å². The van der Waals surface area contributed by atoms with Crippen molar-refractivity contribution in [3.63, 3.8) is 0 Å². The molecule has 2 aromatic heterocycles. The van der Waals surface area contributed by atoms with E-state index in [1.807, 2.05) is 67.8 Å². The molecule has 0 spiro atoms. The number of halogens is 1. The zero-order chi connectivity index (χ0) is 28.8. The highest BCUT2D eigenvalue weighted by Crippen LogP contribution is 2.28. The van der Waals surface area contributed by atoms with Crippen LogP contribution in [0.4, 0.5) is 10.2 Å². The van der Waals surface area contributed by atoms with Crippen LogP contribution < -0.4 is 15.5 Å². The zero-order valence-electron chi connectivity index (χ0n) is 23.3. The van der Waals surface area contributed by atoms with Crippen LogP contribution in [0.1, 0.15) is 34.1 Å². The molecule has 0 aliphatic carbocycles. The lowest BCUT2D eigenvalue weighted by atomic mass is 10.1. The summed E-state index contributed by atoms with van der Waals surface area (Å²) in [7, 11) is 0. The number of hydrogen-bond acceptors (Lipinski definition) is 6. The molecule has 0 bridgehead atoms. The predicted octanol–water partition coefficient (Wildman–Crippen LogP) is 6.23. The van der Waals surface area contributed by atoms with Gasteiger partial charge in [-0.2, -0.15) is 0 Å². The Morgan fingerprint density at radius 1 is 1.00 bits per heavy atom. The van der Waals surface area contributed by atoms with E-state index in [9.17, 15) is 9.18 Å². The summed E-state index contributed by atoms with van der Waals surface area (Å²) >= 11 is 0. The number of aryl methyl sites for hydroxylation is 2. The minimum absolute atomic E-state index is 0.229. The summed E-state index contributed by atoms with van der Waals surface area (Å²) in [6.07, 6.45) is 1.48. The smallest absolute Gasteiger partial charge is 0.278 e. The molecule has 0 aliphatic heterocycles. The van der Waals surface area contributed by atoms with Crippen LogP contribution in [0, 0.1) is 19.7 Å². The van der Waals surface area contributed by atoms with Gasteiger partial charge in [0.05, 0.1) is 30.0 Å². The lowest BCUT2D eigenvalue weighted by Gasteiger charge is -2.13. The summed E-state index contributed by atoms with van der Waals surface area (Å²) in [5, 5.41) is 4.25. The van der Waals surface area contributed by atoms with E-state index in [2.05, 4.69) is 20.8 Å². The molecule has 0 atom stereocenters. The number of hydrogen-bond donors (Lipinski definition) is 2. The topological polar surface area (TPSA) is 90.3 Å². The second kappa shape index (κ2) is 12.6. The maximum absolute atomic E-state index is 14.6. The monoisotopic (exact) mass is 553 g/mol. The number of nitrogens with one attached hydrogen (secondary N) is 2. The molecule has 8 nitrogen and oxygen atoms in total. The minimum atomic E-state index is -0.402. The molecule has 9 heteroatoms. The summed E-state index contributed by atoms with van der Waals surface area (Å²) in [5.74, 6) is 0.425. The first-order valence-corrected chi connectivity index (χ1v) is 13.5. The Labute approximate surface area is 238 Å². The molecular formula is C32H32FN5O3. The van der Waals surface area contributed by atoms with Gasteiger partial charge in [0.1, 0.15) is 23.7 Å². The van der Waals surface area contributed by atoms with Crippen LogP contribution in [-0.2, 0) is 18.0 Å². The fraction of sp³-hybridized carbons (Fsp3) is 0.219. The number of ether oxygens (including phenoxy) is 1. The molecule has 5 rings (SSSR count). The van der Waals surface area contributed by atoms with E-state index < -0.39 is 5.91 Å². The van der Waals surface area contributed by atoms with Crippen LogP contribution in [0.15, 0.2) is 79.1 Å². The van der Waals surface area contributed by atoms with E-state index in [0.29, 0.717) is 48.0 Å². The second-order valence-corrected chi connectivity index (χ2v) is 9.63. The van der Waals surface area contributed by atoms with Crippen molar-refractivity contribution < 1.29 is 18.8 Å². The van der Waals surface area contributed by atoms with Crippen LogP contribution in [0.3, 0.4) is 0 Å². The van der Waals surface area contributed by atoms with Gasteiger partial charge in [0.15, 0.2) is 0 Å². The van der Waals surface area contributed by atoms with E-state index in [1.165, 1.54) is 12.4 Å². The van der Waals surface area contributed by atoms with Crippen LogP contribution >= 0.6 is 0 Å². The molecule has 2 heterocycles. The average Bonchev–Trinajstić information content (AvgIpc) is 3.33. The number of anilines is 1. The van der Waals surface area contributed by atoms with Gasteiger partial charge < -0.3 is 14.6 Å². The molecule has 0 saturated carbocycles. The molecule has 0 fully saturated rings. The maximum atomic E-state index is 14.6. The van der Waals surface area contributed by atoms with Gasteiger partial charge in [0, 0.05) is 35.8 Å². The van der Waals surface area contributed by atoms with Crippen LogP contribution in [0.5, 0.6) is 5.75 Å². The number of nitrogens with zero attached hydrogens (tertiary/aromatic N) is 3. The Morgan fingerprint density at radius 2 is 1.83 bits per heavy atom. The van der Waals surface area contributed by atoms with E-state index in [1.54, 1.807) is 24.3 Å². The van der Waals surface area contributed by atoms with Crippen molar-refractivity contribution in [2.45, 2.75) is 33.9 Å². The van der Waals surface area contributed by atoms with Crippen molar-refractivity contribution in [3.05, 3.63) is 107 Å². The van der Waals surface area contributed by atoms with Gasteiger partial charge in [-0.1, -0.05) is 42.5 Å². The zero-order valence-corrected chi connectivity index (χ0v) is 23.3. The fourth-order valence-electron chi connectivity index (χ4n) is 4.76. The van der Waals surface area contributed by atoms with Gasteiger partial charge in [-0.3, -0.25) is 9.63 Å². The highest BCUT2D eigenvalue weighted by molar-refractivity contribution is 5.97. The fourth-order valence-corrected chi connectivity index (χ4v) is 4.76. The Balaban J connectivity index is 1.27. The van der Waals surface area contributed by atoms with Crippen molar-refractivity contribution >= 4 is 22.6 Å². The van der Waals surface area contributed by atoms with Gasteiger partial charge in [0.25, 0.3) is 5.91 Å². The third-order valence-electron chi connectivity index (χ3n) is 6.81. The van der Waals surface area contributed by atoms with Gasteiger partial charge in [0.2, 0.25) is 0 Å². The lowest BCUT2D eigenvalue weighted by molar-refractivity contribution is 0.0231. The third kappa shape index (κ3) is 6.36. The summed E-state index contributed by atoms with van der Waals surface area (Å²) in [6, 6.07) is 22.0. The normalized spacial score (nSPS) is 11.0. The van der Waals surface area contributed by atoms with Crippen molar-refractivity contribution in [3.8, 4) is 17.0 Å². The lowest BCUT2D eigenvalue weighted by Crippen LogP contribution is -2.24. The Bertz CT molecular complexity index is 1670. The molecule has 2 N–H and O–H groups in total. The van der Waals surface area contributed by atoms with Crippen LogP contribution in [-0.4, -0.2) is 33.6 Å². The third-order valence-corrected chi connectivity index (χ3v) is 6.81. The van der Waals surface area contributed by atoms with Gasteiger partial charge in [-0.25, -0.2) is 19.8 Å². The summed E-state index contributed by atoms with van der Waals surface area (Å²) in [6.45, 7) is 7.58. The summed E-state index contributed by atoms with van der Waals surface area (Å²) in [5.41, 5.74) is 7.89. The van der Waals surface area contributed by atoms with Gasteiger partial charge >= 0.3 is 0 Å². The largest absolute Gasteiger partial charge is 0.493 e. The summed E-state index contributed by atoms with van der Waals surface area (Å²) < 4.78 is 22.4. The van der Waals surface area contributed by atoms with Crippen molar-refractivity contribution in [1.82, 2.24) is 20.0 Å². The highest BCUT2D eigenvalue weighted by atomic mass is 19.1. The van der Waals surface area contributed by atoms with Gasteiger partial charge in [-0.05, 0) is 56.2 Å². The Hall–Kier alpha value is -4.76. The second-order valence-electron chi connectivity index (χ2n) is 9.63. The van der Waals surface area contributed by atoms with Crippen molar-refractivity contribution in [2.75, 3.05) is 18.5 Å². The Morgan fingerprint density at radius 3 is 2.63 bits per heavy atom. The van der Waals surface area contributed by atoms with E-state index >= 15 is 0 Å². The van der Waals surface area contributed by atoms with Crippen LogP contribution in [0.25, 0.3) is 22.2 Å². The average molecular weight is 554 g/mol. The molecule has 0 aliphatic rings. The number of carbonyl (C=O) groups is 1. The molecule has 0 saturated heterocycles. The standard InChI is InChI=1S/C32H32FN5O3/c1-4-40-29-17-24(11-12-25(29)32(39)37-41-19-23-8-6-5-7-9-23)28-18-30(36-20-35-28)34-14-15-38-22(3)16-26-21(2)10-13-27(33)31(26)38/h5-13,16-18,20H,4,14-15,19H2,1-3H3,(H,37,39)(H,34,35,36). The first kappa shape index (κ1) is 27.8. The SMILES string of the molecule is CCOc1cc(-c2cc(NCCn3c(C)cc4c(C)ccc(F)c43)ncn2)ccc1C(=O)NOCc1ccccc1. The molecule has 3 aromatic carbocycles. The number of aromatic nitrogens is 3. The molecular weight excluding hydrogens is 521 g/mol. The van der Waals surface area contributed by atoms with Crippen molar-refractivity contribution in [1.29, 1.82) is 0 Å². The quantitative estimate of drug-likeness (QED) is 0.189. The number of hydroxylamine groups is 1. The molecule has 41 heavy (non-hydrogen) atoms.